The highest BCUT2D eigenvalue weighted by molar-refractivity contribution is 14.0. The van der Waals surface area contributed by atoms with E-state index in [-0.39, 0.29) is 35.9 Å². The molecule has 3 rings (SSSR count). The van der Waals surface area contributed by atoms with E-state index >= 15 is 0 Å². The maximum atomic E-state index is 12.5. The number of halogens is 1. The average Bonchev–Trinajstić information content (AvgIpc) is 2.84. The van der Waals surface area contributed by atoms with Crippen LogP contribution in [0.4, 0.5) is 0 Å². The van der Waals surface area contributed by atoms with Crippen LogP contribution in [-0.2, 0) is 11.2 Å². The van der Waals surface area contributed by atoms with Crippen molar-refractivity contribution in [2.75, 3.05) is 20.3 Å². The van der Waals surface area contributed by atoms with E-state index in [2.05, 4.69) is 11.4 Å². The van der Waals surface area contributed by atoms with E-state index < -0.39 is 0 Å². The number of benzene rings is 1. The first-order valence-electron chi connectivity index (χ1n) is 6.26. The summed E-state index contributed by atoms with van der Waals surface area (Å²) in [7, 11) is 1.96. The summed E-state index contributed by atoms with van der Waals surface area (Å²) in [4.78, 5) is 16.3. The monoisotopic (exact) mass is 371 g/mol. The maximum Gasteiger partial charge on any atom is 0.249 e. The van der Waals surface area contributed by atoms with Crippen LogP contribution in [0.25, 0.3) is 0 Å². The lowest BCUT2D eigenvalue weighted by molar-refractivity contribution is -0.131. The van der Waals surface area contributed by atoms with Crippen molar-refractivity contribution in [2.45, 2.75) is 12.5 Å². The summed E-state index contributed by atoms with van der Waals surface area (Å²) >= 11 is 0. The number of carbonyl (C=O) groups excluding carboxylic acids is 1. The van der Waals surface area contributed by atoms with Crippen molar-refractivity contribution in [1.29, 1.82) is 0 Å². The largest absolute Gasteiger partial charge is 0.361 e. The van der Waals surface area contributed by atoms with Crippen LogP contribution in [0.15, 0.2) is 36.7 Å². The molecule has 2 heterocycles. The fourth-order valence-corrected chi connectivity index (χ4v) is 2.56. The van der Waals surface area contributed by atoms with E-state index in [9.17, 15) is 4.79 Å². The fraction of sp³-hybridized carbons (Fsp3) is 0.357. The van der Waals surface area contributed by atoms with Crippen LogP contribution in [0.3, 0.4) is 0 Å². The van der Waals surface area contributed by atoms with Gasteiger partial charge in [0.15, 0.2) is 0 Å². The molecule has 2 aliphatic heterocycles. The molecule has 1 aromatic rings. The van der Waals surface area contributed by atoms with Gasteiger partial charge in [0.1, 0.15) is 6.04 Å². The summed E-state index contributed by atoms with van der Waals surface area (Å²) in [5.41, 5.74) is 2.41. The maximum absolute atomic E-state index is 12.5. The molecule has 102 valence electrons. The third-order valence-electron chi connectivity index (χ3n) is 3.52. The van der Waals surface area contributed by atoms with Crippen LogP contribution < -0.4 is 5.32 Å². The minimum atomic E-state index is -0.203. The number of nitrogens with zero attached hydrogens (tertiary/aromatic N) is 2. The Hall–Kier alpha value is -1.08. The minimum absolute atomic E-state index is 0. The van der Waals surface area contributed by atoms with Gasteiger partial charge in [0.25, 0.3) is 0 Å². The predicted octanol–water partition coefficient (Wildman–Crippen LogP) is 1.69. The van der Waals surface area contributed by atoms with Gasteiger partial charge in [0, 0.05) is 26.0 Å². The van der Waals surface area contributed by atoms with Crippen molar-refractivity contribution < 1.29 is 4.79 Å². The Labute approximate surface area is 130 Å². The van der Waals surface area contributed by atoms with Gasteiger partial charge in [0.05, 0.1) is 6.67 Å². The summed E-state index contributed by atoms with van der Waals surface area (Å²) < 4.78 is 0. The molecule has 1 N–H and O–H groups in total. The summed E-state index contributed by atoms with van der Waals surface area (Å²) in [6.45, 7) is 1.50. The van der Waals surface area contributed by atoms with E-state index in [0.717, 1.165) is 18.5 Å². The Morgan fingerprint density at radius 1 is 1.32 bits per heavy atom. The molecule has 0 fully saturated rings. The molecule has 19 heavy (non-hydrogen) atoms. The first kappa shape index (κ1) is 14.3. The molecule has 0 spiro atoms. The lowest BCUT2D eigenvalue weighted by Gasteiger charge is -2.29. The van der Waals surface area contributed by atoms with Crippen LogP contribution in [0.1, 0.15) is 17.2 Å². The second-order valence-electron chi connectivity index (χ2n) is 4.84. The normalized spacial score (nSPS) is 21.0. The summed E-state index contributed by atoms with van der Waals surface area (Å²) in [6.07, 6.45) is 4.77. The number of amides is 1. The van der Waals surface area contributed by atoms with Crippen LogP contribution in [0.2, 0.25) is 0 Å². The smallest absolute Gasteiger partial charge is 0.249 e. The van der Waals surface area contributed by atoms with E-state index in [1.54, 1.807) is 4.90 Å². The highest BCUT2D eigenvalue weighted by Gasteiger charge is 2.30. The molecule has 0 saturated carbocycles. The Balaban J connectivity index is 0.00000133. The SMILES string of the molecule is CN1C=CN(C(=O)C2NCCc3ccccc32)C1.I. The third kappa shape index (κ3) is 2.76. The van der Waals surface area contributed by atoms with Gasteiger partial charge in [-0.3, -0.25) is 9.69 Å². The number of nitrogens with one attached hydrogen (secondary N) is 1. The molecule has 0 radical (unpaired) electrons. The average molecular weight is 371 g/mol. The summed E-state index contributed by atoms with van der Waals surface area (Å²) in [6, 6.07) is 7.99. The molecular formula is C14H18IN3O. The topological polar surface area (TPSA) is 35.6 Å². The van der Waals surface area contributed by atoms with Gasteiger partial charge in [-0.1, -0.05) is 24.3 Å². The molecule has 1 amide bonds. The Morgan fingerprint density at radius 2 is 2.11 bits per heavy atom. The molecule has 2 aliphatic rings. The van der Waals surface area contributed by atoms with Crippen LogP contribution >= 0.6 is 24.0 Å². The molecule has 5 heteroatoms. The molecule has 0 saturated heterocycles. The van der Waals surface area contributed by atoms with Gasteiger partial charge in [-0.25, -0.2) is 0 Å². The Kier molecular flexibility index (Phi) is 4.46. The second kappa shape index (κ2) is 5.92. The summed E-state index contributed by atoms with van der Waals surface area (Å²) in [5.74, 6) is 0.128. The van der Waals surface area contributed by atoms with E-state index in [1.165, 1.54) is 5.56 Å². The van der Waals surface area contributed by atoms with Crippen molar-refractivity contribution in [3.63, 3.8) is 0 Å². The predicted molar refractivity (Wildman–Crippen MR) is 84.9 cm³/mol. The zero-order valence-electron chi connectivity index (χ0n) is 10.9. The van der Waals surface area contributed by atoms with Crippen LogP contribution in [-0.4, -0.2) is 36.0 Å². The molecule has 4 nitrogen and oxygen atoms in total. The first-order valence-corrected chi connectivity index (χ1v) is 6.26. The lowest BCUT2D eigenvalue weighted by Crippen LogP contribution is -2.42. The quantitative estimate of drug-likeness (QED) is 0.764. The van der Waals surface area contributed by atoms with Crippen molar-refractivity contribution in [1.82, 2.24) is 15.1 Å². The molecule has 1 aromatic carbocycles. The molecule has 0 aliphatic carbocycles. The van der Waals surface area contributed by atoms with Crippen molar-refractivity contribution in [3.8, 4) is 0 Å². The number of carbonyl (C=O) groups is 1. The molecule has 1 atom stereocenters. The molecule has 1 unspecified atom stereocenters. The number of rotatable bonds is 1. The van der Waals surface area contributed by atoms with E-state index in [4.69, 9.17) is 0 Å². The molecular weight excluding hydrogens is 353 g/mol. The standard InChI is InChI=1S/C14H17N3O.HI/c1-16-8-9-17(10-16)14(18)13-12-5-3-2-4-11(12)6-7-15-13;/h2-5,8-9,13,15H,6-7,10H2,1H3;1H. The second-order valence-corrected chi connectivity index (χ2v) is 4.84. The lowest BCUT2D eigenvalue weighted by atomic mass is 9.94. The van der Waals surface area contributed by atoms with Gasteiger partial charge in [-0.05, 0) is 17.5 Å². The Morgan fingerprint density at radius 3 is 2.84 bits per heavy atom. The molecule has 0 bridgehead atoms. The minimum Gasteiger partial charge on any atom is -0.361 e. The van der Waals surface area contributed by atoms with Gasteiger partial charge in [-0.15, -0.1) is 24.0 Å². The number of hydrogen-bond acceptors (Lipinski definition) is 3. The number of hydrogen-bond donors (Lipinski definition) is 1. The first-order chi connectivity index (χ1) is 8.75. The molecule has 0 aromatic heterocycles. The van der Waals surface area contributed by atoms with Crippen LogP contribution in [0, 0.1) is 0 Å². The fourth-order valence-electron chi connectivity index (χ4n) is 2.56. The van der Waals surface area contributed by atoms with E-state index in [0.29, 0.717) is 6.67 Å². The van der Waals surface area contributed by atoms with Crippen molar-refractivity contribution in [3.05, 3.63) is 47.8 Å². The highest BCUT2D eigenvalue weighted by atomic mass is 127. The summed E-state index contributed by atoms with van der Waals surface area (Å²) in [5, 5.41) is 3.32. The van der Waals surface area contributed by atoms with E-state index in [1.807, 2.05) is 42.5 Å². The Bertz CT molecular complexity index is 503. The van der Waals surface area contributed by atoms with Gasteiger partial charge >= 0.3 is 0 Å². The van der Waals surface area contributed by atoms with Crippen molar-refractivity contribution >= 4 is 29.9 Å². The number of fused-ring (bicyclic) bond motifs is 1. The van der Waals surface area contributed by atoms with Gasteiger partial charge in [-0.2, -0.15) is 0 Å². The zero-order valence-corrected chi connectivity index (χ0v) is 13.2. The van der Waals surface area contributed by atoms with Crippen LogP contribution in [0.5, 0.6) is 0 Å². The van der Waals surface area contributed by atoms with Gasteiger partial charge in [0.2, 0.25) is 5.91 Å². The zero-order chi connectivity index (χ0) is 12.5. The van der Waals surface area contributed by atoms with Gasteiger partial charge < -0.3 is 10.2 Å². The third-order valence-corrected chi connectivity index (χ3v) is 3.52. The highest BCUT2D eigenvalue weighted by Crippen LogP contribution is 2.25. The van der Waals surface area contributed by atoms with Crippen molar-refractivity contribution in [2.24, 2.45) is 0 Å².